The normalized spacial score (nSPS) is 9.88. The number of hydrogen-bond acceptors (Lipinski definition) is 1. The highest BCUT2D eigenvalue weighted by Crippen LogP contribution is 2.00. The molecule has 3 heteroatoms. The Balaban J connectivity index is 3.19. The second-order valence-corrected chi connectivity index (χ2v) is 1.74. The molecule has 0 aliphatic heterocycles. The van der Waals surface area contributed by atoms with Crippen LogP contribution in [-0.4, -0.2) is 9.78 Å². The minimum absolute atomic E-state index is 0.259. The monoisotopic (exact) mass is 114 g/mol. The SMILES string of the molecule is Cc1cnn(C)c1F. The lowest BCUT2D eigenvalue weighted by Gasteiger charge is -1.86. The molecule has 0 saturated heterocycles. The molecule has 0 saturated carbocycles. The summed E-state index contributed by atoms with van der Waals surface area (Å²) in [4.78, 5) is 0. The van der Waals surface area contributed by atoms with E-state index in [0.29, 0.717) is 5.56 Å². The van der Waals surface area contributed by atoms with E-state index in [1.165, 1.54) is 10.9 Å². The lowest BCUT2D eigenvalue weighted by Crippen LogP contribution is -1.93. The first-order chi connectivity index (χ1) is 3.72. The number of nitrogens with zero attached hydrogens (tertiary/aromatic N) is 2. The molecule has 0 bridgehead atoms. The van der Waals surface area contributed by atoms with Crippen LogP contribution < -0.4 is 0 Å². The summed E-state index contributed by atoms with van der Waals surface area (Å²) in [6.07, 6.45) is 1.50. The van der Waals surface area contributed by atoms with Gasteiger partial charge in [-0.15, -0.1) is 0 Å². The van der Waals surface area contributed by atoms with Crippen molar-refractivity contribution >= 4 is 0 Å². The van der Waals surface area contributed by atoms with Crippen LogP contribution in [0.15, 0.2) is 6.20 Å². The molecule has 0 aliphatic carbocycles. The maximum Gasteiger partial charge on any atom is 0.214 e. The maximum atomic E-state index is 12.4. The van der Waals surface area contributed by atoms with Gasteiger partial charge in [0.05, 0.1) is 6.20 Å². The minimum Gasteiger partial charge on any atom is -0.243 e. The first-order valence-electron chi connectivity index (χ1n) is 2.36. The number of hydrogen-bond donors (Lipinski definition) is 0. The van der Waals surface area contributed by atoms with E-state index in [1.54, 1.807) is 14.0 Å². The number of rotatable bonds is 0. The first kappa shape index (κ1) is 5.28. The van der Waals surface area contributed by atoms with E-state index in [9.17, 15) is 4.39 Å². The Kier molecular flexibility index (Phi) is 1.04. The van der Waals surface area contributed by atoms with Gasteiger partial charge in [-0.3, -0.25) is 0 Å². The minimum atomic E-state index is -0.259. The van der Waals surface area contributed by atoms with E-state index in [1.807, 2.05) is 0 Å². The Morgan fingerprint density at radius 2 is 2.38 bits per heavy atom. The van der Waals surface area contributed by atoms with Crippen LogP contribution in [0.3, 0.4) is 0 Å². The average molecular weight is 114 g/mol. The zero-order chi connectivity index (χ0) is 6.15. The molecule has 0 fully saturated rings. The molecule has 0 aliphatic rings. The van der Waals surface area contributed by atoms with Crippen molar-refractivity contribution < 1.29 is 4.39 Å². The van der Waals surface area contributed by atoms with Crippen LogP contribution in [-0.2, 0) is 7.05 Å². The third kappa shape index (κ3) is 0.598. The topological polar surface area (TPSA) is 17.8 Å². The van der Waals surface area contributed by atoms with Crippen molar-refractivity contribution in [2.24, 2.45) is 7.05 Å². The molecule has 0 atom stereocenters. The predicted octanol–water partition coefficient (Wildman–Crippen LogP) is 0.868. The summed E-state index contributed by atoms with van der Waals surface area (Å²) in [5, 5.41) is 3.66. The highest BCUT2D eigenvalue weighted by Gasteiger charge is 1.98. The van der Waals surface area contributed by atoms with Crippen LogP contribution in [0, 0.1) is 12.9 Å². The Bertz CT molecular complexity index is 173. The van der Waals surface area contributed by atoms with Crippen LogP contribution in [0.5, 0.6) is 0 Å². The third-order valence-corrected chi connectivity index (χ3v) is 1.03. The molecular weight excluding hydrogens is 107 g/mol. The second kappa shape index (κ2) is 1.58. The molecule has 1 aromatic rings. The highest BCUT2D eigenvalue weighted by molar-refractivity contribution is 5.01. The van der Waals surface area contributed by atoms with Gasteiger partial charge in [-0.2, -0.15) is 9.49 Å². The van der Waals surface area contributed by atoms with Crippen LogP contribution in [0.4, 0.5) is 4.39 Å². The quantitative estimate of drug-likeness (QED) is 0.489. The average Bonchev–Trinajstić information content (AvgIpc) is 1.98. The number of aromatic nitrogens is 2. The van der Waals surface area contributed by atoms with Crippen molar-refractivity contribution in [2.45, 2.75) is 6.92 Å². The number of aryl methyl sites for hydroxylation is 2. The molecule has 8 heavy (non-hydrogen) atoms. The van der Waals surface area contributed by atoms with Crippen LogP contribution >= 0.6 is 0 Å². The van der Waals surface area contributed by atoms with Gasteiger partial charge in [0.1, 0.15) is 0 Å². The molecule has 0 aromatic carbocycles. The fourth-order valence-corrected chi connectivity index (χ4v) is 0.532. The summed E-state index contributed by atoms with van der Waals surface area (Å²) in [6, 6.07) is 0. The van der Waals surface area contributed by atoms with Gasteiger partial charge < -0.3 is 0 Å². The summed E-state index contributed by atoms with van der Waals surface area (Å²) >= 11 is 0. The van der Waals surface area contributed by atoms with Crippen LogP contribution in [0.2, 0.25) is 0 Å². The zero-order valence-electron chi connectivity index (χ0n) is 4.85. The maximum absolute atomic E-state index is 12.4. The van der Waals surface area contributed by atoms with Crippen molar-refractivity contribution in [1.29, 1.82) is 0 Å². The smallest absolute Gasteiger partial charge is 0.214 e. The Labute approximate surface area is 46.9 Å². The van der Waals surface area contributed by atoms with E-state index >= 15 is 0 Å². The van der Waals surface area contributed by atoms with Gasteiger partial charge in [-0.05, 0) is 6.92 Å². The van der Waals surface area contributed by atoms with E-state index < -0.39 is 0 Å². The fraction of sp³-hybridized carbons (Fsp3) is 0.400. The molecule has 0 spiro atoms. The van der Waals surface area contributed by atoms with Crippen molar-refractivity contribution in [3.8, 4) is 0 Å². The molecule has 0 amide bonds. The first-order valence-corrected chi connectivity index (χ1v) is 2.36. The largest absolute Gasteiger partial charge is 0.243 e. The molecule has 1 heterocycles. The van der Waals surface area contributed by atoms with Gasteiger partial charge in [0.25, 0.3) is 0 Å². The molecule has 1 aromatic heterocycles. The van der Waals surface area contributed by atoms with E-state index in [4.69, 9.17) is 0 Å². The van der Waals surface area contributed by atoms with Gasteiger partial charge in [0.15, 0.2) is 0 Å². The lowest BCUT2D eigenvalue weighted by molar-refractivity contribution is 0.499. The molecule has 0 unspecified atom stereocenters. The molecule has 44 valence electrons. The van der Waals surface area contributed by atoms with Gasteiger partial charge in [-0.25, -0.2) is 4.68 Å². The van der Waals surface area contributed by atoms with Gasteiger partial charge in [0.2, 0.25) is 5.95 Å². The van der Waals surface area contributed by atoms with Crippen LogP contribution in [0.1, 0.15) is 5.56 Å². The predicted molar refractivity (Wildman–Crippen MR) is 27.9 cm³/mol. The molecule has 0 N–H and O–H groups in total. The van der Waals surface area contributed by atoms with E-state index in [-0.39, 0.29) is 5.95 Å². The van der Waals surface area contributed by atoms with Crippen LogP contribution in [0.25, 0.3) is 0 Å². The third-order valence-electron chi connectivity index (χ3n) is 1.03. The Morgan fingerprint density at radius 1 is 1.75 bits per heavy atom. The Hall–Kier alpha value is -0.860. The molecule has 2 nitrogen and oxygen atoms in total. The standard InChI is InChI=1S/C5H7FN2/c1-4-3-7-8(2)5(4)6/h3H,1-2H3. The van der Waals surface area contributed by atoms with Crippen molar-refractivity contribution in [2.75, 3.05) is 0 Å². The lowest BCUT2D eigenvalue weighted by atomic mass is 10.4. The summed E-state index contributed by atoms with van der Waals surface area (Å²) in [7, 11) is 1.57. The molecule has 0 radical (unpaired) electrons. The summed E-state index contributed by atoms with van der Waals surface area (Å²) < 4.78 is 13.6. The van der Waals surface area contributed by atoms with Gasteiger partial charge in [0, 0.05) is 12.6 Å². The van der Waals surface area contributed by atoms with E-state index in [0.717, 1.165) is 0 Å². The molecular formula is C5H7FN2. The fourth-order valence-electron chi connectivity index (χ4n) is 0.532. The summed E-state index contributed by atoms with van der Waals surface area (Å²) in [5.41, 5.74) is 0.590. The second-order valence-electron chi connectivity index (χ2n) is 1.74. The highest BCUT2D eigenvalue weighted by atomic mass is 19.1. The Morgan fingerprint density at radius 3 is 2.50 bits per heavy atom. The summed E-state index contributed by atoms with van der Waals surface area (Å²) in [6.45, 7) is 1.68. The van der Waals surface area contributed by atoms with Crippen molar-refractivity contribution in [3.05, 3.63) is 17.7 Å². The zero-order valence-corrected chi connectivity index (χ0v) is 4.85. The summed E-state index contributed by atoms with van der Waals surface area (Å²) in [5.74, 6) is -0.259. The number of halogens is 1. The van der Waals surface area contributed by atoms with Gasteiger partial charge in [-0.1, -0.05) is 0 Å². The van der Waals surface area contributed by atoms with E-state index in [2.05, 4.69) is 5.10 Å². The van der Waals surface area contributed by atoms with Gasteiger partial charge >= 0.3 is 0 Å². The van der Waals surface area contributed by atoms with Crippen molar-refractivity contribution in [3.63, 3.8) is 0 Å². The van der Waals surface area contributed by atoms with Crippen molar-refractivity contribution in [1.82, 2.24) is 9.78 Å². The molecule has 1 rings (SSSR count).